The van der Waals surface area contributed by atoms with Crippen LogP contribution in [0.25, 0.3) is 0 Å². The minimum atomic E-state index is -0.369. The van der Waals surface area contributed by atoms with Crippen LogP contribution >= 0.6 is 34.8 Å². The third-order valence-electron chi connectivity index (χ3n) is 2.74. The van der Waals surface area contributed by atoms with Gasteiger partial charge in [-0.25, -0.2) is 4.39 Å². The number of ether oxygens (including phenoxy) is 1. The zero-order valence-electron chi connectivity index (χ0n) is 10.3. The Morgan fingerprint density at radius 1 is 1.00 bits per heavy atom. The van der Waals surface area contributed by atoms with Gasteiger partial charge in [-0.15, -0.1) is 0 Å². The van der Waals surface area contributed by atoms with E-state index in [1.165, 1.54) is 12.1 Å². The minimum absolute atomic E-state index is 0.0252. The summed E-state index contributed by atoms with van der Waals surface area (Å²) < 4.78 is 19.5. The molecule has 0 aliphatic carbocycles. The van der Waals surface area contributed by atoms with Crippen molar-refractivity contribution in [1.29, 1.82) is 0 Å². The third-order valence-corrected chi connectivity index (χ3v) is 3.75. The third kappa shape index (κ3) is 3.36. The molecule has 2 aromatic carbocycles. The van der Waals surface area contributed by atoms with Crippen molar-refractivity contribution in [2.24, 2.45) is 5.73 Å². The van der Waals surface area contributed by atoms with E-state index >= 15 is 0 Å². The second kappa shape index (κ2) is 6.64. The molecule has 0 atom stereocenters. The van der Waals surface area contributed by atoms with Crippen LogP contribution in [-0.4, -0.2) is 0 Å². The molecule has 0 aliphatic rings. The Kier molecular flexibility index (Phi) is 5.11. The van der Waals surface area contributed by atoms with Crippen LogP contribution in [0.2, 0.25) is 15.1 Å². The zero-order valence-corrected chi connectivity index (χ0v) is 12.6. The maximum absolute atomic E-state index is 14.0. The van der Waals surface area contributed by atoms with Gasteiger partial charge in [-0.1, -0.05) is 53.0 Å². The van der Waals surface area contributed by atoms with Crippen molar-refractivity contribution < 1.29 is 9.13 Å². The molecule has 0 saturated heterocycles. The molecule has 6 heteroatoms. The van der Waals surface area contributed by atoms with Gasteiger partial charge in [-0.05, 0) is 6.07 Å². The fourth-order valence-corrected chi connectivity index (χ4v) is 2.26. The summed E-state index contributed by atoms with van der Waals surface area (Å²) in [5.74, 6) is -0.0233. The molecule has 0 radical (unpaired) electrons. The van der Waals surface area contributed by atoms with Crippen LogP contribution in [0.15, 0.2) is 30.3 Å². The SMILES string of the molecule is NCc1cccc(COc2cc(Cl)c(Cl)cc2Cl)c1F. The summed E-state index contributed by atoms with van der Waals surface area (Å²) in [4.78, 5) is 0. The largest absolute Gasteiger partial charge is 0.487 e. The van der Waals surface area contributed by atoms with Crippen molar-refractivity contribution in [2.75, 3.05) is 0 Å². The number of benzene rings is 2. The average Bonchev–Trinajstić information content (AvgIpc) is 2.43. The first-order valence-electron chi connectivity index (χ1n) is 5.76. The molecule has 0 unspecified atom stereocenters. The molecule has 106 valence electrons. The van der Waals surface area contributed by atoms with Gasteiger partial charge >= 0.3 is 0 Å². The molecule has 2 aromatic rings. The molecule has 2 N–H and O–H groups in total. The van der Waals surface area contributed by atoms with Crippen LogP contribution in [0.3, 0.4) is 0 Å². The predicted octanol–water partition coefficient (Wildman–Crippen LogP) is 4.82. The molecule has 0 amide bonds. The molecule has 0 fully saturated rings. The first kappa shape index (κ1) is 15.4. The molecule has 0 saturated carbocycles. The van der Waals surface area contributed by atoms with Gasteiger partial charge in [-0.3, -0.25) is 0 Å². The van der Waals surface area contributed by atoms with Gasteiger partial charge in [-0.2, -0.15) is 0 Å². The summed E-state index contributed by atoms with van der Waals surface area (Å²) in [5.41, 5.74) is 6.29. The lowest BCUT2D eigenvalue weighted by atomic mass is 10.1. The Balaban J connectivity index is 2.19. The van der Waals surface area contributed by atoms with Crippen molar-refractivity contribution in [2.45, 2.75) is 13.2 Å². The minimum Gasteiger partial charge on any atom is -0.487 e. The van der Waals surface area contributed by atoms with E-state index in [1.807, 2.05) is 0 Å². The fraction of sp³-hybridized carbons (Fsp3) is 0.143. The lowest BCUT2D eigenvalue weighted by Crippen LogP contribution is -2.05. The van der Waals surface area contributed by atoms with E-state index in [2.05, 4.69) is 0 Å². The summed E-state index contributed by atoms with van der Waals surface area (Å²) >= 11 is 17.7. The molecule has 0 heterocycles. The van der Waals surface area contributed by atoms with Crippen molar-refractivity contribution in [3.8, 4) is 5.75 Å². The van der Waals surface area contributed by atoms with Gasteiger partial charge in [0.2, 0.25) is 0 Å². The summed E-state index contributed by atoms with van der Waals surface area (Å²) in [6, 6.07) is 7.95. The highest BCUT2D eigenvalue weighted by Crippen LogP contribution is 2.34. The molecule has 2 nitrogen and oxygen atoms in total. The molecule has 0 spiro atoms. The summed E-state index contributed by atoms with van der Waals surface area (Å²) in [6.45, 7) is 0.157. The molecule has 0 aliphatic heterocycles. The lowest BCUT2D eigenvalue weighted by Gasteiger charge is -2.11. The molecule has 0 aromatic heterocycles. The molecule has 2 rings (SSSR count). The Hall–Kier alpha value is -1.000. The van der Waals surface area contributed by atoms with Crippen LogP contribution < -0.4 is 10.5 Å². The quantitative estimate of drug-likeness (QED) is 0.813. The fourth-order valence-electron chi connectivity index (χ4n) is 1.67. The second-order valence-corrected chi connectivity index (χ2v) is 5.30. The van der Waals surface area contributed by atoms with Gasteiger partial charge < -0.3 is 10.5 Å². The molecule has 20 heavy (non-hydrogen) atoms. The van der Waals surface area contributed by atoms with E-state index in [1.54, 1.807) is 18.2 Å². The van der Waals surface area contributed by atoms with E-state index in [0.29, 0.717) is 31.9 Å². The highest BCUT2D eigenvalue weighted by Gasteiger charge is 2.10. The molecule has 0 bridgehead atoms. The highest BCUT2D eigenvalue weighted by molar-refractivity contribution is 6.43. The topological polar surface area (TPSA) is 35.2 Å². The van der Waals surface area contributed by atoms with Gasteiger partial charge in [0.1, 0.15) is 18.2 Å². The standard InChI is InChI=1S/C14H11Cl3FNO/c15-10-4-12(17)13(5-11(10)16)20-7-9-3-1-2-8(6-19)14(9)18/h1-5H,6-7,19H2. The Labute approximate surface area is 131 Å². The average molecular weight is 335 g/mol. The van der Waals surface area contributed by atoms with E-state index in [4.69, 9.17) is 45.3 Å². The number of hydrogen-bond donors (Lipinski definition) is 1. The molecular formula is C14H11Cl3FNO. The van der Waals surface area contributed by atoms with Crippen molar-refractivity contribution in [3.05, 3.63) is 62.3 Å². The first-order chi connectivity index (χ1) is 9.52. The van der Waals surface area contributed by atoms with Gasteiger partial charge in [0, 0.05) is 23.7 Å². The first-order valence-corrected chi connectivity index (χ1v) is 6.90. The number of hydrogen-bond acceptors (Lipinski definition) is 2. The Morgan fingerprint density at radius 3 is 2.35 bits per heavy atom. The van der Waals surface area contributed by atoms with Crippen molar-refractivity contribution in [1.82, 2.24) is 0 Å². The van der Waals surface area contributed by atoms with E-state index in [9.17, 15) is 4.39 Å². The Bertz CT molecular complexity index is 634. The summed E-state index contributed by atoms with van der Waals surface area (Å²) in [5, 5.41) is 0.970. The van der Waals surface area contributed by atoms with Crippen LogP contribution in [0.5, 0.6) is 5.75 Å². The number of rotatable bonds is 4. The van der Waals surface area contributed by atoms with Crippen LogP contribution in [0, 0.1) is 5.82 Å². The highest BCUT2D eigenvalue weighted by atomic mass is 35.5. The van der Waals surface area contributed by atoms with E-state index in [0.717, 1.165) is 0 Å². The van der Waals surface area contributed by atoms with Crippen LogP contribution in [0.4, 0.5) is 4.39 Å². The van der Waals surface area contributed by atoms with Gasteiger partial charge in [0.05, 0.1) is 15.1 Å². The maximum Gasteiger partial charge on any atom is 0.139 e. The smallest absolute Gasteiger partial charge is 0.139 e. The monoisotopic (exact) mass is 333 g/mol. The van der Waals surface area contributed by atoms with Crippen LogP contribution in [0.1, 0.15) is 11.1 Å². The lowest BCUT2D eigenvalue weighted by molar-refractivity contribution is 0.299. The van der Waals surface area contributed by atoms with Crippen molar-refractivity contribution >= 4 is 34.8 Å². The predicted molar refractivity (Wildman–Crippen MR) is 80.1 cm³/mol. The molecular weight excluding hydrogens is 324 g/mol. The van der Waals surface area contributed by atoms with Gasteiger partial charge in [0.25, 0.3) is 0 Å². The van der Waals surface area contributed by atoms with E-state index in [-0.39, 0.29) is 19.0 Å². The van der Waals surface area contributed by atoms with E-state index < -0.39 is 0 Å². The Morgan fingerprint density at radius 2 is 1.65 bits per heavy atom. The summed E-state index contributed by atoms with van der Waals surface area (Å²) in [7, 11) is 0. The normalized spacial score (nSPS) is 10.7. The number of nitrogens with two attached hydrogens (primary N) is 1. The maximum atomic E-state index is 14.0. The zero-order chi connectivity index (χ0) is 14.7. The summed E-state index contributed by atoms with van der Waals surface area (Å²) in [6.07, 6.45) is 0. The number of halogens is 4. The van der Waals surface area contributed by atoms with Crippen molar-refractivity contribution in [3.63, 3.8) is 0 Å². The van der Waals surface area contributed by atoms with Gasteiger partial charge in [0.15, 0.2) is 0 Å². The second-order valence-electron chi connectivity index (χ2n) is 4.08. The van der Waals surface area contributed by atoms with Crippen LogP contribution in [-0.2, 0) is 13.2 Å².